The zero-order valence-electron chi connectivity index (χ0n) is 15.3. The van der Waals surface area contributed by atoms with Crippen molar-refractivity contribution >= 4 is 40.7 Å². The number of carbonyl (C=O) groups excluding carboxylic acids is 2. The van der Waals surface area contributed by atoms with Gasteiger partial charge in [-0.1, -0.05) is 41.4 Å². The highest BCUT2D eigenvalue weighted by Gasteiger charge is 2.41. The molecule has 7 heteroatoms. The first-order valence-electron chi connectivity index (χ1n) is 8.60. The van der Waals surface area contributed by atoms with Crippen LogP contribution in [0.1, 0.15) is 37.9 Å². The summed E-state index contributed by atoms with van der Waals surface area (Å²) in [6.45, 7) is 5.50. The smallest absolute Gasteiger partial charge is 0.254 e. The summed E-state index contributed by atoms with van der Waals surface area (Å²) in [4.78, 5) is 26.3. The first-order chi connectivity index (χ1) is 12.8. The first-order valence-corrected chi connectivity index (χ1v) is 9.36. The molecule has 1 aliphatic rings. The Morgan fingerprint density at radius 1 is 1.19 bits per heavy atom. The molecule has 0 radical (unpaired) electrons. The van der Waals surface area contributed by atoms with Gasteiger partial charge in [-0.3, -0.25) is 9.59 Å². The molecule has 0 spiro atoms. The van der Waals surface area contributed by atoms with E-state index in [9.17, 15) is 9.59 Å². The van der Waals surface area contributed by atoms with Crippen LogP contribution in [-0.2, 0) is 16.1 Å². The van der Waals surface area contributed by atoms with Gasteiger partial charge in [0, 0.05) is 23.1 Å². The summed E-state index contributed by atoms with van der Waals surface area (Å²) in [6.07, 6.45) is -0.00197. The maximum atomic E-state index is 13.1. The summed E-state index contributed by atoms with van der Waals surface area (Å²) in [6, 6.07) is 9.94. The summed E-state index contributed by atoms with van der Waals surface area (Å²) in [5.41, 5.74) is 1.88. The molecule has 5 nitrogen and oxygen atoms in total. The third-order valence-electron chi connectivity index (χ3n) is 4.20. The summed E-state index contributed by atoms with van der Waals surface area (Å²) in [5.74, 6) is 0.0956. The summed E-state index contributed by atoms with van der Waals surface area (Å²) in [5, 5.41) is 3.46. The molecule has 3 rings (SSSR count). The third-order valence-corrected chi connectivity index (χ3v) is 4.83. The van der Waals surface area contributed by atoms with E-state index in [4.69, 9.17) is 27.9 Å². The molecular weight excluding hydrogens is 387 g/mol. The molecule has 1 aliphatic heterocycles. The Balaban J connectivity index is 2.04. The molecular formula is C20H20Cl2N2O3. The third kappa shape index (κ3) is 3.89. The number of ether oxygens (including phenoxy) is 1. The number of halogens is 2. The van der Waals surface area contributed by atoms with Gasteiger partial charge in [0.25, 0.3) is 5.91 Å². The van der Waals surface area contributed by atoms with Crippen LogP contribution >= 0.6 is 23.2 Å². The number of fused-ring (bicyclic) bond motifs is 1. The van der Waals surface area contributed by atoms with E-state index in [0.29, 0.717) is 27.0 Å². The zero-order chi connectivity index (χ0) is 19.7. The molecule has 0 aliphatic carbocycles. The van der Waals surface area contributed by atoms with Crippen molar-refractivity contribution in [2.24, 2.45) is 0 Å². The Morgan fingerprint density at radius 3 is 2.52 bits per heavy atom. The van der Waals surface area contributed by atoms with Crippen LogP contribution in [0.25, 0.3) is 0 Å². The van der Waals surface area contributed by atoms with Crippen molar-refractivity contribution < 1.29 is 14.3 Å². The van der Waals surface area contributed by atoms with Crippen molar-refractivity contribution in [3.8, 4) is 5.75 Å². The largest absolute Gasteiger partial charge is 0.491 e. The van der Waals surface area contributed by atoms with Crippen LogP contribution < -0.4 is 15.0 Å². The molecule has 0 bridgehead atoms. The molecule has 0 aromatic heterocycles. The van der Waals surface area contributed by atoms with Crippen molar-refractivity contribution in [1.29, 1.82) is 0 Å². The highest BCUT2D eigenvalue weighted by atomic mass is 35.5. The van der Waals surface area contributed by atoms with E-state index in [1.165, 1.54) is 6.92 Å². The fourth-order valence-electron chi connectivity index (χ4n) is 3.16. The number of benzene rings is 2. The van der Waals surface area contributed by atoms with Gasteiger partial charge in [-0.05, 0) is 32.0 Å². The van der Waals surface area contributed by atoms with E-state index >= 15 is 0 Å². The Morgan fingerprint density at radius 2 is 1.85 bits per heavy atom. The monoisotopic (exact) mass is 406 g/mol. The second kappa shape index (κ2) is 7.79. The van der Waals surface area contributed by atoms with Crippen LogP contribution in [-0.4, -0.2) is 17.9 Å². The van der Waals surface area contributed by atoms with Crippen molar-refractivity contribution in [3.05, 3.63) is 57.6 Å². The lowest BCUT2D eigenvalue weighted by Gasteiger charge is -2.21. The number of para-hydroxylation sites is 1. The lowest BCUT2D eigenvalue weighted by Crippen LogP contribution is -2.36. The van der Waals surface area contributed by atoms with Crippen molar-refractivity contribution in [2.45, 2.75) is 39.5 Å². The molecule has 1 atom stereocenters. The number of carbonyl (C=O) groups is 2. The van der Waals surface area contributed by atoms with E-state index < -0.39 is 6.04 Å². The Kier molecular flexibility index (Phi) is 5.63. The fourth-order valence-corrected chi connectivity index (χ4v) is 3.69. The Bertz CT molecular complexity index is 899. The van der Waals surface area contributed by atoms with Gasteiger partial charge >= 0.3 is 0 Å². The average molecular weight is 407 g/mol. The minimum atomic E-state index is -0.859. The molecule has 0 saturated heterocycles. The number of hydrogen-bond acceptors (Lipinski definition) is 3. The van der Waals surface area contributed by atoms with Crippen molar-refractivity contribution in [2.75, 3.05) is 4.90 Å². The van der Waals surface area contributed by atoms with Crippen LogP contribution in [0.2, 0.25) is 10.0 Å². The highest BCUT2D eigenvalue weighted by molar-refractivity contribution is 6.38. The molecule has 0 fully saturated rings. The summed E-state index contributed by atoms with van der Waals surface area (Å²) < 4.78 is 5.86. The van der Waals surface area contributed by atoms with E-state index in [2.05, 4.69) is 5.32 Å². The van der Waals surface area contributed by atoms with Crippen LogP contribution in [0.15, 0.2) is 36.4 Å². The van der Waals surface area contributed by atoms with Crippen LogP contribution in [0.3, 0.4) is 0 Å². The maximum Gasteiger partial charge on any atom is 0.254 e. The zero-order valence-corrected chi connectivity index (χ0v) is 16.8. The van der Waals surface area contributed by atoms with E-state index in [-0.39, 0.29) is 24.5 Å². The predicted molar refractivity (Wildman–Crippen MR) is 106 cm³/mol. The number of anilines is 1. The van der Waals surface area contributed by atoms with Crippen LogP contribution in [0.5, 0.6) is 5.75 Å². The highest BCUT2D eigenvalue weighted by Crippen LogP contribution is 2.45. The van der Waals surface area contributed by atoms with Crippen LogP contribution in [0.4, 0.5) is 5.69 Å². The molecule has 2 amide bonds. The second-order valence-electron chi connectivity index (χ2n) is 6.62. The molecule has 0 unspecified atom stereocenters. The van der Waals surface area contributed by atoms with Crippen molar-refractivity contribution in [3.63, 3.8) is 0 Å². The number of amides is 2. The molecule has 27 heavy (non-hydrogen) atoms. The summed E-state index contributed by atoms with van der Waals surface area (Å²) in [7, 11) is 0. The van der Waals surface area contributed by atoms with Gasteiger partial charge in [-0.25, -0.2) is 0 Å². The Labute approximate surface area is 168 Å². The van der Waals surface area contributed by atoms with Gasteiger partial charge in [0.15, 0.2) is 0 Å². The SMILES string of the molecule is CC(=O)N[C@H]1C(=O)N(Cc2ccccc2OC(C)C)c2c(Cl)ccc(Cl)c21. The van der Waals surface area contributed by atoms with E-state index in [1.54, 1.807) is 17.0 Å². The first kappa shape index (κ1) is 19.5. The Hall–Kier alpha value is -2.24. The number of rotatable bonds is 5. The second-order valence-corrected chi connectivity index (χ2v) is 7.44. The van der Waals surface area contributed by atoms with Gasteiger partial charge < -0.3 is 15.0 Å². The topological polar surface area (TPSA) is 58.6 Å². The average Bonchev–Trinajstić information content (AvgIpc) is 2.86. The van der Waals surface area contributed by atoms with Gasteiger partial charge in [-0.2, -0.15) is 0 Å². The molecule has 0 saturated carbocycles. The van der Waals surface area contributed by atoms with Crippen molar-refractivity contribution in [1.82, 2.24) is 5.32 Å². The summed E-state index contributed by atoms with van der Waals surface area (Å²) >= 11 is 12.7. The van der Waals surface area contributed by atoms with E-state index in [1.807, 2.05) is 38.1 Å². The molecule has 142 valence electrons. The standard InChI is InChI=1S/C20H20Cl2N2O3/c1-11(2)27-16-7-5-4-6-13(16)10-24-19-15(22)9-8-14(21)17(19)18(20(24)26)23-12(3)25/h4-9,11,18H,10H2,1-3H3,(H,23,25)/t18-/m1/s1. The number of hydrogen-bond donors (Lipinski definition) is 1. The van der Waals surface area contributed by atoms with Gasteiger partial charge in [0.05, 0.1) is 23.4 Å². The predicted octanol–water partition coefficient (Wildman–Crippen LogP) is 4.50. The minimum Gasteiger partial charge on any atom is -0.491 e. The molecule has 1 N–H and O–H groups in total. The molecule has 1 heterocycles. The fraction of sp³-hybridized carbons (Fsp3) is 0.300. The van der Waals surface area contributed by atoms with E-state index in [0.717, 1.165) is 5.56 Å². The maximum absolute atomic E-state index is 13.1. The molecule has 2 aromatic rings. The quantitative estimate of drug-likeness (QED) is 0.794. The normalized spacial score (nSPS) is 15.9. The van der Waals surface area contributed by atoms with Crippen LogP contribution in [0, 0.1) is 0 Å². The number of nitrogens with one attached hydrogen (secondary N) is 1. The number of nitrogens with zero attached hydrogens (tertiary/aromatic N) is 1. The molecule has 2 aromatic carbocycles. The van der Waals surface area contributed by atoms with Gasteiger partial charge in [0.1, 0.15) is 11.8 Å². The minimum absolute atomic E-state index is 0.00197. The van der Waals surface area contributed by atoms with Gasteiger partial charge in [0.2, 0.25) is 5.91 Å². The van der Waals surface area contributed by atoms with Gasteiger partial charge in [-0.15, -0.1) is 0 Å². The lowest BCUT2D eigenvalue weighted by molar-refractivity contribution is -0.126. The lowest BCUT2D eigenvalue weighted by atomic mass is 10.1.